The maximum Gasteiger partial charge on any atom is 0.417 e. The van der Waals surface area contributed by atoms with E-state index in [0.29, 0.717) is 112 Å². The highest BCUT2D eigenvalue weighted by Crippen LogP contribution is 2.49. The van der Waals surface area contributed by atoms with Crippen LogP contribution in [0.4, 0.5) is 94.5 Å². The summed E-state index contributed by atoms with van der Waals surface area (Å²) in [4.78, 5) is 73.4. The van der Waals surface area contributed by atoms with Crippen molar-refractivity contribution in [1.29, 1.82) is 0 Å². The molecule has 2 saturated carbocycles. The number of alkyl halides is 7. The largest absolute Gasteiger partial charge is 0.424 e. The number of amides is 2. The SMILES string of the molecule is Cc1cc(Nc2cc(N3CC(F)(C4CC4)C3)nc(Sc3ccc(CC(=O)CC(F)(F)F)cc3)n2)n[nH]1.Cc1cc(Nc2cc(N3CC(O)(C4CC4)C3)nc(Sc3ccc(N4CCCC4=O)cc3)n2)n[nH]1.Cc1cc(Nc2cc(N3CCC3)nc(Oc3ccc(NC(=O)c4ccccc4C(F)(F)F)cc3)n2)n[nH]1.[HH].[HH].[HH].[HH].[HH].[HH].[HH]. The van der Waals surface area contributed by atoms with E-state index in [2.05, 4.69) is 81.6 Å². The van der Waals surface area contributed by atoms with Crippen molar-refractivity contribution in [2.75, 3.05) is 86.7 Å². The smallest absolute Gasteiger partial charge is 0.417 e. The molecule has 6 aliphatic rings. The second kappa shape index (κ2) is 30.5. The Morgan fingerprint density at radius 3 is 1.59 bits per heavy atom. The Kier molecular flexibility index (Phi) is 20.8. The molecule has 0 atom stereocenters. The lowest BCUT2D eigenvalue weighted by atomic mass is 9.89. The van der Waals surface area contributed by atoms with Crippen LogP contribution in [0.3, 0.4) is 0 Å². The lowest BCUT2D eigenvalue weighted by molar-refractivity contribution is -0.151. The van der Waals surface area contributed by atoms with E-state index in [-0.39, 0.29) is 34.2 Å². The number of nitrogens with zero attached hydrogens (tertiary/aromatic N) is 13. The fourth-order valence-electron chi connectivity index (χ4n) is 12.6. The highest BCUT2D eigenvalue weighted by Gasteiger charge is 2.55. The third kappa shape index (κ3) is 18.7. The second-order valence-corrected chi connectivity index (χ2v) is 29.3. The first-order chi connectivity index (χ1) is 51.2. The number of aliphatic hydroxyl groups is 1. The van der Waals surface area contributed by atoms with E-state index in [1.807, 2.05) is 85.2 Å². The summed E-state index contributed by atoms with van der Waals surface area (Å²) in [5, 5.41) is 45.1. The van der Waals surface area contributed by atoms with Crippen LogP contribution < -0.4 is 45.6 Å². The van der Waals surface area contributed by atoms with Gasteiger partial charge in [-0.25, -0.2) is 24.3 Å². The van der Waals surface area contributed by atoms with Crippen LogP contribution in [0, 0.1) is 32.6 Å². The molecule has 4 aliphatic heterocycles. The quantitative estimate of drug-likeness (QED) is 0.0218. The average molecular weight is 1520 g/mol. The molecule has 6 aromatic heterocycles. The normalized spacial score (nSPS) is 16.5. The zero-order chi connectivity index (χ0) is 74.8. The molecular formula is C73H87F7N20O5S2. The van der Waals surface area contributed by atoms with E-state index in [4.69, 9.17) is 14.7 Å². The summed E-state index contributed by atoms with van der Waals surface area (Å²) in [6, 6.07) is 36.6. The number of β-amino-alcohol motifs (C(OH)–C–C–N with tert-alkyl or cyclic N) is 1. The van der Waals surface area contributed by atoms with Crippen LogP contribution in [0.1, 0.15) is 99.9 Å². The van der Waals surface area contributed by atoms with E-state index in [0.717, 1.165) is 109 Å². The van der Waals surface area contributed by atoms with Gasteiger partial charge < -0.3 is 50.7 Å². The molecule has 4 aromatic carbocycles. The van der Waals surface area contributed by atoms with Gasteiger partial charge in [-0.15, -0.1) is 0 Å². The van der Waals surface area contributed by atoms with Gasteiger partial charge in [0.25, 0.3) is 5.91 Å². The van der Waals surface area contributed by atoms with Gasteiger partial charge in [-0.05, 0) is 173 Å². The number of carbonyl (C=O) groups excluding carboxylic acids is 3. The van der Waals surface area contributed by atoms with Gasteiger partial charge in [0, 0.05) is 117 Å². The number of H-pyrrole nitrogens is 3. The van der Waals surface area contributed by atoms with Crippen molar-refractivity contribution in [2.24, 2.45) is 11.8 Å². The van der Waals surface area contributed by atoms with Gasteiger partial charge in [-0.3, -0.25) is 29.7 Å². The van der Waals surface area contributed by atoms with Crippen LogP contribution in [-0.2, 0) is 22.2 Å². The lowest BCUT2D eigenvalue weighted by Gasteiger charge is -2.47. The van der Waals surface area contributed by atoms with Gasteiger partial charge in [0.2, 0.25) is 5.91 Å². The molecular weight excluding hydrogens is 1430 g/mol. The molecule has 10 heterocycles. The number of aryl methyl sites for hydroxylation is 3. The summed E-state index contributed by atoms with van der Waals surface area (Å²) in [6.07, 6.45) is -4.19. The molecule has 2 amide bonds. The number of anilines is 11. The third-order valence-corrected chi connectivity index (χ3v) is 20.2. The van der Waals surface area contributed by atoms with Crippen molar-refractivity contribution in [3.8, 4) is 11.8 Å². The highest BCUT2D eigenvalue weighted by atomic mass is 32.2. The standard InChI is InChI=1S/C25H22F3N7O2.C24H24F4N6OS.C24H27N7O2S.7H2/c1-15-13-21(34-33-15)30-20-14-22(35-11-4-12-35)32-24(31-20)37-17-9-7-16(8-10-17)29-23(36)18-5-2-3-6-19(18)25(26,27)28;1-14-8-20(33-32-14)29-19-10-21(34-12-23(25,13-34)16-4-5-16)31-22(30-19)36-18-6-2-15(3-7-18)9-17(35)11-24(26,27)28;1-15-11-20(29-28-15)25-19-12-21(30-13-24(33,14-30)16-4-5-16)27-23(26-19)34-18-8-6-17(7-9-18)31-10-2-3-22(31)32;;;;;;;/h2-3,5-10,13-14H,4,11-12H2,1H3,(H,29,36)(H2,30,31,32,33,34);2-3,6-8,10,16H,4-5,9,11-13H2,1H3,(H2,29,30,31,32,33);6-9,11-12,16,33H,2-5,10,13-14H2,1H3,(H2,25,26,27,28,29);7*1H. The molecule has 0 unspecified atom stereocenters. The highest BCUT2D eigenvalue weighted by molar-refractivity contribution is 7.99. The van der Waals surface area contributed by atoms with Gasteiger partial charge in [0.15, 0.2) is 27.8 Å². The molecule has 25 nitrogen and oxygen atoms in total. The number of ketones is 1. The summed E-state index contributed by atoms with van der Waals surface area (Å²) >= 11 is 2.74. The Hall–Kier alpha value is -10.9. The summed E-state index contributed by atoms with van der Waals surface area (Å²) in [5.74, 6) is 5.02. The van der Waals surface area contributed by atoms with Crippen molar-refractivity contribution in [3.63, 3.8) is 0 Å². The number of aromatic nitrogens is 12. The summed E-state index contributed by atoms with van der Waals surface area (Å²) in [6.45, 7) is 10.0. The molecule has 34 heteroatoms. The summed E-state index contributed by atoms with van der Waals surface area (Å²) in [5.41, 5.74) is 1.26. The zero-order valence-electron chi connectivity index (χ0n) is 58.0. The van der Waals surface area contributed by atoms with Gasteiger partial charge in [0.1, 0.15) is 64.1 Å². The first-order valence-corrected chi connectivity index (χ1v) is 36.3. The lowest BCUT2D eigenvalue weighted by Crippen LogP contribution is -2.63. The molecule has 16 rings (SSSR count). The van der Waals surface area contributed by atoms with Crippen molar-refractivity contribution in [1.82, 2.24) is 60.5 Å². The van der Waals surface area contributed by atoms with E-state index in [9.17, 15) is 50.2 Å². The number of aromatic amines is 3. The maximum absolute atomic E-state index is 14.9. The van der Waals surface area contributed by atoms with Crippen molar-refractivity contribution in [3.05, 3.63) is 167 Å². The van der Waals surface area contributed by atoms with Gasteiger partial charge in [0.05, 0.1) is 37.3 Å². The predicted molar refractivity (Wildman–Crippen MR) is 404 cm³/mol. The van der Waals surface area contributed by atoms with Gasteiger partial charge >= 0.3 is 18.4 Å². The number of halogens is 7. The average Bonchev–Trinajstić information content (AvgIpc) is 1.54. The minimum Gasteiger partial charge on any atom is -0.424 e. The fraction of sp³-hybridized carbons (Fsp3) is 0.342. The Bertz CT molecular complexity index is 4890. The van der Waals surface area contributed by atoms with Crippen LogP contribution in [0.2, 0.25) is 0 Å². The van der Waals surface area contributed by atoms with E-state index >= 15 is 0 Å². The number of rotatable bonds is 23. The van der Waals surface area contributed by atoms with Crippen molar-refractivity contribution in [2.45, 2.75) is 122 Å². The number of hydrogen-bond donors (Lipinski definition) is 8. The number of Topliss-reactive ketones (excluding diaryl/α,β-unsaturated/α-hetero) is 1. The fourth-order valence-corrected chi connectivity index (χ4v) is 14.1. The monoisotopic (exact) mass is 1520 g/mol. The Morgan fingerprint density at radius 1 is 0.598 bits per heavy atom. The topological polar surface area (TPSA) is 305 Å². The minimum absolute atomic E-state index is 0. The minimum atomic E-state index is -4.64. The van der Waals surface area contributed by atoms with E-state index in [1.165, 1.54) is 47.8 Å². The first-order valence-electron chi connectivity index (χ1n) is 34.6. The molecule has 6 fully saturated rings. The van der Waals surface area contributed by atoms with Crippen LogP contribution in [0.15, 0.2) is 154 Å². The van der Waals surface area contributed by atoms with E-state index in [1.54, 1.807) is 42.5 Å². The third-order valence-electron chi connectivity index (χ3n) is 18.4. The molecule has 570 valence electrons. The van der Waals surface area contributed by atoms with Crippen molar-refractivity contribution < 1.29 is 64.9 Å². The zero-order valence-corrected chi connectivity index (χ0v) is 59.7. The Balaban J connectivity index is 0.000000230. The number of benzene rings is 4. The predicted octanol–water partition coefficient (Wildman–Crippen LogP) is 16.1. The molecule has 8 N–H and O–H groups in total. The Morgan fingerprint density at radius 2 is 1.11 bits per heavy atom. The Labute approximate surface area is 627 Å². The van der Waals surface area contributed by atoms with E-state index < -0.39 is 52.9 Å². The van der Waals surface area contributed by atoms with Gasteiger partial charge in [-0.1, -0.05) is 24.3 Å². The number of ether oxygens (including phenoxy) is 1. The summed E-state index contributed by atoms with van der Waals surface area (Å²) < 4.78 is 97.8. The molecule has 10 aromatic rings. The maximum atomic E-state index is 14.9. The molecule has 0 radical (unpaired) electrons. The van der Waals surface area contributed by atoms with Gasteiger partial charge in [-0.2, -0.15) is 51.6 Å². The molecule has 4 saturated heterocycles. The molecule has 0 spiro atoms. The summed E-state index contributed by atoms with van der Waals surface area (Å²) in [7, 11) is 0. The molecule has 2 aliphatic carbocycles. The molecule has 0 bridgehead atoms. The van der Waals surface area contributed by atoms with Crippen LogP contribution >= 0.6 is 23.5 Å². The number of hydrogen-bond acceptors (Lipinski definition) is 22. The number of nitrogens with one attached hydrogen (secondary N) is 7. The number of carbonyl (C=O) groups is 3. The first kappa shape index (κ1) is 73.0. The van der Waals surface area contributed by atoms with Crippen LogP contribution in [0.5, 0.6) is 11.8 Å². The second-order valence-electron chi connectivity index (χ2n) is 27.2. The van der Waals surface area contributed by atoms with Crippen LogP contribution in [-0.4, -0.2) is 146 Å². The van der Waals surface area contributed by atoms with Crippen LogP contribution in [0.25, 0.3) is 0 Å². The van der Waals surface area contributed by atoms with Crippen molar-refractivity contribution >= 4 is 105 Å². The molecule has 107 heavy (non-hydrogen) atoms.